The molecule has 0 radical (unpaired) electrons. The third kappa shape index (κ3) is 10.4. The van der Waals surface area contributed by atoms with Crippen molar-refractivity contribution in [3.8, 4) is 0 Å². The van der Waals surface area contributed by atoms with Crippen molar-refractivity contribution in [2.45, 2.75) is 56.5 Å². The average Bonchev–Trinajstić information content (AvgIpc) is 3.47. The van der Waals surface area contributed by atoms with E-state index in [1.807, 2.05) is 54.6 Å². The van der Waals surface area contributed by atoms with Crippen LogP contribution in [0.1, 0.15) is 54.8 Å². The van der Waals surface area contributed by atoms with E-state index < -0.39 is 17.9 Å². The second-order valence-corrected chi connectivity index (χ2v) is 11.6. The second-order valence-electron chi connectivity index (χ2n) is 11.6. The highest BCUT2D eigenvalue weighted by Crippen LogP contribution is 2.27. The summed E-state index contributed by atoms with van der Waals surface area (Å²) in [5.74, 6) is -1.06. The largest absolute Gasteiger partial charge is 0.332 e. The molecule has 234 valence electrons. The number of hydrogen-bond donors (Lipinski definition) is 3. The van der Waals surface area contributed by atoms with Crippen molar-refractivity contribution in [2.75, 3.05) is 39.8 Å². The monoisotopic (exact) mass is 598 g/mol. The molecule has 1 saturated heterocycles. The number of pyridine rings is 1. The first-order chi connectivity index (χ1) is 21.4. The molecular formula is C35H46N6O3. The van der Waals surface area contributed by atoms with Crippen molar-refractivity contribution in [1.82, 2.24) is 25.4 Å². The Hall–Kier alpha value is -3.92. The number of amides is 3. The van der Waals surface area contributed by atoms with Crippen LogP contribution >= 0.6 is 0 Å². The van der Waals surface area contributed by atoms with Gasteiger partial charge in [0.05, 0.1) is 19.1 Å². The molecule has 1 aliphatic rings. The first kappa shape index (κ1) is 33.0. The van der Waals surface area contributed by atoms with Gasteiger partial charge < -0.3 is 20.9 Å². The molecule has 9 heteroatoms. The molecule has 2 heterocycles. The second kappa shape index (κ2) is 17.4. The van der Waals surface area contributed by atoms with E-state index in [1.165, 1.54) is 16.0 Å². The van der Waals surface area contributed by atoms with Crippen LogP contribution in [0, 0.1) is 0 Å². The molecule has 4 rings (SSSR count). The molecule has 2 atom stereocenters. The van der Waals surface area contributed by atoms with E-state index in [2.05, 4.69) is 51.8 Å². The predicted molar refractivity (Wildman–Crippen MR) is 173 cm³/mol. The van der Waals surface area contributed by atoms with Gasteiger partial charge >= 0.3 is 0 Å². The number of carbonyl (C=O) groups is 3. The van der Waals surface area contributed by atoms with Gasteiger partial charge in [-0.3, -0.25) is 24.7 Å². The Labute approximate surface area is 261 Å². The molecule has 1 aromatic heterocycles. The molecule has 1 fully saturated rings. The topological polar surface area (TPSA) is 121 Å². The molecule has 0 aliphatic carbocycles. The van der Waals surface area contributed by atoms with Crippen LogP contribution < -0.4 is 16.4 Å². The van der Waals surface area contributed by atoms with Crippen LogP contribution in [0.25, 0.3) is 0 Å². The lowest BCUT2D eigenvalue weighted by Crippen LogP contribution is -2.50. The van der Waals surface area contributed by atoms with Crippen molar-refractivity contribution < 1.29 is 14.4 Å². The molecule has 0 unspecified atom stereocenters. The maximum atomic E-state index is 13.4. The summed E-state index contributed by atoms with van der Waals surface area (Å²) in [6, 6.07) is 25.9. The van der Waals surface area contributed by atoms with Crippen molar-refractivity contribution in [1.29, 1.82) is 0 Å². The molecule has 0 saturated carbocycles. The van der Waals surface area contributed by atoms with Crippen molar-refractivity contribution in [3.63, 3.8) is 0 Å². The first-order valence-corrected chi connectivity index (χ1v) is 15.7. The van der Waals surface area contributed by atoms with Crippen LogP contribution in [0.15, 0.2) is 85.1 Å². The van der Waals surface area contributed by atoms with E-state index in [1.54, 1.807) is 6.20 Å². The Balaban J connectivity index is 1.27. The van der Waals surface area contributed by atoms with Gasteiger partial charge in [0.15, 0.2) is 0 Å². The number of imide groups is 1. The van der Waals surface area contributed by atoms with E-state index in [-0.39, 0.29) is 31.5 Å². The highest BCUT2D eigenvalue weighted by molar-refractivity contribution is 5.98. The molecule has 44 heavy (non-hydrogen) atoms. The van der Waals surface area contributed by atoms with Gasteiger partial charge in [-0.25, -0.2) is 0 Å². The Morgan fingerprint density at radius 3 is 2.25 bits per heavy atom. The zero-order valence-corrected chi connectivity index (χ0v) is 25.7. The number of nitrogens with two attached hydrogens (primary N) is 1. The van der Waals surface area contributed by atoms with Gasteiger partial charge in [-0.1, -0.05) is 66.7 Å². The van der Waals surface area contributed by atoms with Gasteiger partial charge in [-0.2, -0.15) is 0 Å². The highest BCUT2D eigenvalue weighted by atomic mass is 16.2. The van der Waals surface area contributed by atoms with Gasteiger partial charge in [0, 0.05) is 36.8 Å². The summed E-state index contributed by atoms with van der Waals surface area (Å²) in [4.78, 5) is 47.0. The molecular weight excluding hydrogens is 552 g/mol. The third-order valence-electron chi connectivity index (χ3n) is 8.39. The fourth-order valence-corrected chi connectivity index (χ4v) is 5.89. The number of nitrogens with zero attached hydrogens (tertiary/aromatic N) is 3. The van der Waals surface area contributed by atoms with Gasteiger partial charge in [0.2, 0.25) is 17.7 Å². The average molecular weight is 599 g/mol. The normalized spacial score (nSPS) is 15.7. The smallest absolute Gasteiger partial charge is 0.246 e. The summed E-state index contributed by atoms with van der Waals surface area (Å²) in [5.41, 5.74) is 9.58. The number of hydrogen-bond acceptors (Lipinski definition) is 7. The lowest BCUT2D eigenvalue weighted by atomic mass is 9.88. The van der Waals surface area contributed by atoms with Crippen molar-refractivity contribution in [2.24, 2.45) is 5.73 Å². The Kier molecular flexibility index (Phi) is 13.0. The molecule has 9 nitrogen and oxygen atoms in total. The molecule has 0 bridgehead atoms. The van der Waals surface area contributed by atoms with Crippen molar-refractivity contribution in [3.05, 3.63) is 102 Å². The SMILES string of the molecule is CN1CCC[C@H]1CC[C@H](N)C(=O)N(CCc1ccccn1)CC(=O)NC(=O)CNCCC(c1ccccc1)c1ccccc1. The molecule has 3 amide bonds. The first-order valence-electron chi connectivity index (χ1n) is 15.7. The number of likely N-dealkylation sites (tertiary alicyclic amines) is 1. The standard InChI is InChI=1S/C35H46N6O3/c1-40-23-10-16-30(40)17-18-32(36)35(44)41(24-20-29-15-8-9-21-38-29)26-34(43)39-33(42)25-37-22-19-31(27-11-4-2-5-12-27)28-13-6-3-7-14-28/h2-9,11-15,21,30-32,37H,10,16-20,22-26,36H2,1H3,(H,39,42,43)/t30-,32-/m0/s1. The number of nitrogens with one attached hydrogen (secondary N) is 2. The summed E-state index contributed by atoms with van der Waals surface area (Å²) in [7, 11) is 2.10. The van der Waals surface area contributed by atoms with E-state index in [4.69, 9.17) is 5.73 Å². The minimum atomic E-state index is -0.708. The summed E-state index contributed by atoms with van der Waals surface area (Å²) in [6.07, 6.45) is 6.63. The van der Waals surface area contributed by atoms with Gasteiger partial charge in [-0.05, 0) is 75.5 Å². The van der Waals surface area contributed by atoms with Gasteiger partial charge in [-0.15, -0.1) is 0 Å². The summed E-state index contributed by atoms with van der Waals surface area (Å²) < 4.78 is 0. The molecule has 1 aliphatic heterocycles. The maximum absolute atomic E-state index is 13.4. The summed E-state index contributed by atoms with van der Waals surface area (Å²) >= 11 is 0. The van der Waals surface area contributed by atoms with Crippen LogP contribution in [0.2, 0.25) is 0 Å². The van der Waals surface area contributed by atoms with Crippen LogP contribution in [-0.2, 0) is 20.8 Å². The van der Waals surface area contributed by atoms with Gasteiger partial charge in [0.1, 0.15) is 0 Å². The van der Waals surface area contributed by atoms with Crippen LogP contribution in [0.5, 0.6) is 0 Å². The van der Waals surface area contributed by atoms with E-state index >= 15 is 0 Å². The minimum absolute atomic E-state index is 0.00165. The molecule has 3 aromatic rings. The highest BCUT2D eigenvalue weighted by Gasteiger charge is 2.27. The number of carbonyl (C=O) groups excluding carboxylic acids is 3. The van der Waals surface area contributed by atoms with Crippen LogP contribution in [0.4, 0.5) is 0 Å². The van der Waals surface area contributed by atoms with Crippen LogP contribution in [-0.4, -0.2) is 84.4 Å². The predicted octanol–water partition coefficient (Wildman–Crippen LogP) is 3.11. The summed E-state index contributed by atoms with van der Waals surface area (Å²) in [6.45, 7) is 1.70. The van der Waals surface area contributed by atoms with E-state index in [0.29, 0.717) is 25.4 Å². The van der Waals surface area contributed by atoms with E-state index in [9.17, 15) is 14.4 Å². The lowest BCUT2D eigenvalue weighted by Gasteiger charge is -2.26. The zero-order valence-electron chi connectivity index (χ0n) is 25.7. The minimum Gasteiger partial charge on any atom is -0.332 e. The van der Waals surface area contributed by atoms with Crippen LogP contribution in [0.3, 0.4) is 0 Å². The number of aromatic nitrogens is 1. The van der Waals surface area contributed by atoms with Crippen molar-refractivity contribution >= 4 is 17.7 Å². The Bertz CT molecular complexity index is 1270. The number of rotatable bonds is 16. The molecule has 2 aromatic carbocycles. The van der Waals surface area contributed by atoms with E-state index in [0.717, 1.165) is 37.9 Å². The fraction of sp³-hybridized carbons (Fsp3) is 0.429. The summed E-state index contributed by atoms with van der Waals surface area (Å²) in [5, 5.41) is 5.61. The lowest BCUT2D eigenvalue weighted by molar-refractivity contribution is -0.139. The Morgan fingerprint density at radius 2 is 1.64 bits per heavy atom. The zero-order chi connectivity index (χ0) is 31.1. The third-order valence-corrected chi connectivity index (χ3v) is 8.39. The maximum Gasteiger partial charge on any atom is 0.246 e. The number of benzene rings is 2. The molecule has 4 N–H and O–H groups in total. The Morgan fingerprint density at radius 1 is 0.955 bits per heavy atom. The fourth-order valence-electron chi connectivity index (χ4n) is 5.89. The van der Waals surface area contributed by atoms with Gasteiger partial charge in [0.25, 0.3) is 0 Å². The quantitative estimate of drug-likeness (QED) is 0.217. The molecule has 0 spiro atoms.